The van der Waals surface area contributed by atoms with Crippen LogP contribution in [0.4, 0.5) is 8.78 Å². The number of ether oxygens (including phenoxy) is 1. The van der Waals surface area contributed by atoms with Crippen molar-refractivity contribution in [3.8, 4) is 5.75 Å². The van der Waals surface area contributed by atoms with Crippen molar-refractivity contribution in [3.05, 3.63) is 65.2 Å². The first-order valence-corrected chi connectivity index (χ1v) is 10.8. The highest BCUT2D eigenvalue weighted by Gasteiger charge is 2.28. The Morgan fingerprint density at radius 3 is 2.28 bits per heavy atom. The van der Waals surface area contributed by atoms with Gasteiger partial charge in [-0.2, -0.15) is 0 Å². The van der Waals surface area contributed by atoms with Crippen molar-refractivity contribution in [2.45, 2.75) is 64.7 Å². The summed E-state index contributed by atoms with van der Waals surface area (Å²) < 4.78 is 32.8. The van der Waals surface area contributed by atoms with E-state index in [0.29, 0.717) is 12.8 Å². The Kier molecular flexibility index (Phi) is 7.79. The Labute approximate surface area is 172 Å². The summed E-state index contributed by atoms with van der Waals surface area (Å²) in [5.41, 5.74) is 1.82. The molecule has 156 valence electrons. The van der Waals surface area contributed by atoms with Gasteiger partial charge in [0.05, 0.1) is 5.92 Å². The number of hydrogen-bond acceptors (Lipinski definition) is 2. The number of halogens is 2. The quantitative estimate of drug-likeness (QED) is 0.366. The van der Waals surface area contributed by atoms with E-state index in [9.17, 15) is 13.6 Å². The van der Waals surface area contributed by atoms with Crippen LogP contribution in [-0.4, -0.2) is 5.97 Å². The molecule has 1 fully saturated rings. The zero-order valence-electron chi connectivity index (χ0n) is 17.1. The van der Waals surface area contributed by atoms with Crippen molar-refractivity contribution >= 4 is 5.97 Å². The summed E-state index contributed by atoms with van der Waals surface area (Å²) in [4.78, 5) is 12.4. The molecule has 0 N–H and O–H groups in total. The summed E-state index contributed by atoms with van der Waals surface area (Å²) in [5, 5.41) is 0. The fourth-order valence-electron chi connectivity index (χ4n) is 4.09. The predicted octanol–water partition coefficient (Wildman–Crippen LogP) is 6.65. The van der Waals surface area contributed by atoms with Gasteiger partial charge in [-0.25, -0.2) is 8.78 Å². The number of benzene rings is 2. The monoisotopic (exact) mass is 400 g/mol. The standard InChI is InChI=1S/C25H30F2O2/c1-2-3-4-18-7-12-21(13-8-18)25(28)29-24-16-11-20(17-23(24)27)6-5-19-9-14-22(26)15-10-19/h9-11,14-18,21H,2-8,12-13H2,1H3/t18-,21-. The van der Waals surface area contributed by atoms with Crippen LogP contribution in [0.25, 0.3) is 0 Å². The van der Waals surface area contributed by atoms with Crippen LogP contribution in [0.3, 0.4) is 0 Å². The number of carbonyl (C=O) groups excluding carboxylic acids is 1. The Hall–Kier alpha value is -2.23. The van der Waals surface area contributed by atoms with Gasteiger partial charge in [-0.1, -0.05) is 44.4 Å². The van der Waals surface area contributed by atoms with Crippen LogP contribution in [-0.2, 0) is 17.6 Å². The number of esters is 1. The van der Waals surface area contributed by atoms with Gasteiger partial charge in [0.1, 0.15) is 5.82 Å². The van der Waals surface area contributed by atoms with E-state index in [1.54, 1.807) is 24.3 Å². The molecule has 0 saturated heterocycles. The van der Waals surface area contributed by atoms with Gasteiger partial charge in [0.25, 0.3) is 0 Å². The molecule has 3 rings (SSSR count). The van der Waals surface area contributed by atoms with E-state index in [-0.39, 0.29) is 23.5 Å². The van der Waals surface area contributed by atoms with Gasteiger partial charge in [0.15, 0.2) is 11.6 Å². The minimum Gasteiger partial charge on any atom is -0.423 e. The molecule has 29 heavy (non-hydrogen) atoms. The molecule has 0 heterocycles. The lowest BCUT2D eigenvalue weighted by atomic mass is 9.80. The molecule has 0 unspecified atom stereocenters. The molecule has 0 amide bonds. The largest absolute Gasteiger partial charge is 0.423 e. The Bertz CT molecular complexity index is 793. The van der Waals surface area contributed by atoms with Gasteiger partial charge < -0.3 is 4.74 Å². The summed E-state index contributed by atoms with van der Waals surface area (Å²) >= 11 is 0. The molecule has 4 heteroatoms. The van der Waals surface area contributed by atoms with Crippen LogP contribution >= 0.6 is 0 Å². The zero-order chi connectivity index (χ0) is 20.6. The second-order valence-corrected chi connectivity index (χ2v) is 8.17. The molecule has 0 bridgehead atoms. The maximum absolute atomic E-state index is 14.4. The predicted molar refractivity (Wildman–Crippen MR) is 111 cm³/mol. The maximum atomic E-state index is 14.4. The lowest BCUT2D eigenvalue weighted by molar-refractivity contribution is -0.140. The van der Waals surface area contributed by atoms with Gasteiger partial charge >= 0.3 is 5.97 Å². The van der Waals surface area contributed by atoms with Gasteiger partial charge in [-0.15, -0.1) is 0 Å². The van der Waals surface area contributed by atoms with Gasteiger partial charge in [0, 0.05) is 0 Å². The first-order chi connectivity index (χ1) is 14.0. The van der Waals surface area contributed by atoms with Crippen molar-refractivity contribution < 1.29 is 18.3 Å². The number of carbonyl (C=O) groups is 1. The average molecular weight is 401 g/mol. The summed E-state index contributed by atoms with van der Waals surface area (Å²) in [6, 6.07) is 11.1. The lowest BCUT2D eigenvalue weighted by Crippen LogP contribution is -2.26. The third-order valence-corrected chi connectivity index (χ3v) is 5.97. The van der Waals surface area contributed by atoms with Crippen molar-refractivity contribution in [2.75, 3.05) is 0 Å². The molecule has 2 nitrogen and oxygen atoms in total. The molecule has 0 aromatic heterocycles. The first kappa shape index (κ1) is 21.5. The van der Waals surface area contributed by atoms with E-state index in [4.69, 9.17) is 4.74 Å². The maximum Gasteiger partial charge on any atom is 0.314 e. The number of hydrogen-bond donors (Lipinski definition) is 0. The molecule has 0 atom stereocenters. The number of aryl methyl sites for hydroxylation is 2. The van der Waals surface area contributed by atoms with E-state index < -0.39 is 5.82 Å². The van der Waals surface area contributed by atoms with Gasteiger partial charge in [-0.05, 0) is 79.8 Å². The summed E-state index contributed by atoms with van der Waals surface area (Å²) in [5.74, 6) is -0.473. The Morgan fingerprint density at radius 1 is 0.966 bits per heavy atom. The molecule has 2 aromatic rings. The third kappa shape index (κ3) is 6.38. The molecule has 0 spiro atoms. The van der Waals surface area contributed by atoms with E-state index in [1.165, 1.54) is 37.5 Å². The van der Waals surface area contributed by atoms with E-state index in [2.05, 4.69) is 6.92 Å². The van der Waals surface area contributed by atoms with E-state index >= 15 is 0 Å². The van der Waals surface area contributed by atoms with Crippen LogP contribution in [0, 0.1) is 23.5 Å². The van der Waals surface area contributed by atoms with Crippen molar-refractivity contribution in [3.63, 3.8) is 0 Å². The topological polar surface area (TPSA) is 26.3 Å². The van der Waals surface area contributed by atoms with Crippen LogP contribution in [0.2, 0.25) is 0 Å². The highest BCUT2D eigenvalue weighted by atomic mass is 19.1. The lowest BCUT2D eigenvalue weighted by Gasteiger charge is -2.27. The Balaban J connectivity index is 1.50. The highest BCUT2D eigenvalue weighted by Crippen LogP contribution is 2.33. The Morgan fingerprint density at radius 2 is 1.62 bits per heavy atom. The molecular formula is C25H30F2O2. The van der Waals surface area contributed by atoms with E-state index in [0.717, 1.165) is 42.7 Å². The normalized spacial score (nSPS) is 19.1. The fourth-order valence-corrected chi connectivity index (χ4v) is 4.09. The van der Waals surface area contributed by atoms with Crippen molar-refractivity contribution in [2.24, 2.45) is 11.8 Å². The molecule has 0 radical (unpaired) electrons. The van der Waals surface area contributed by atoms with Crippen LogP contribution in [0.1, 0.15) is 63.0 Å². The van der Waals surface area contributed by atoms with Crippen LogP contribution in [0.5, 0.6) is 5.75 Å². The van der Waals surface area contributed by atoms with Crippen molar-refractivity contribution in [1.29, 1.82) is 0 Å². The minimum atomic E-state index is -0.508. The second kappa shape index (κ2) is 10.5. The average Bonchev–Trinajstić information content (AvgIpc) is 2.74. The molecule has 1 aliphatic rings. The smallest absolute Gasteiger partial charge is 0.314 e. The first-order valence-electron chi connectivity index (χ1n) is 10.8. The zero-order valence-corrected chi connectivity index (χ0v) is 17.1. The van der Waals surface area contributed by atoms with Gasteiger partial charge in [-0.3, -0.25) is 4.79 Å². The molecule has 1 saturated carbocycles. The van der Waals surface area contributed by atoms with Crippen LogP contribution < -0.4 is 4.74 Å². The molecule has 0 aliphatic heterocycles. The SMILES string of the molecule is CCCC[C@H]1CC[C@H](C(=O)Oc2ccc(CCc3ccc(F)cc3)cc2F)CC1. The van der Waals surface area contributed by atoms with E-state index in [1.807, 2.05) is 0 Å². The summed E-state index contributed by atoms with van der Waals surface area (Å²) in [7, 11) is 0. The van der Waals surface area contributed by atoms with Crippen LogP contribution in [0.15, 0.2) is 42.5 Å². The number of unbranched alkanes of at least 4 members (excludes halogenated alkanes) is 1. The molecular weight excluding hydrogens is 370 g/mol. The minimum absolute atomic E-state index is 0.00800. The highest BCUT2D eigenvalue weighted by molar-refractivity contribution is 5.75. The summed E-state index contributed by atoms with van der Waals surface area (Å²) in [6.07, 6.45) is 8.83. The second-order valence-electron chi connectivity index (χ2n) is 8.17. The molecule has 1 aliphatic carbocycles. The summed E-state index contributed by atoms with van der Waals surface area (Å²) in [6.45, 7) is 2.20. The third-order valence-electron chi connectivity index (χ3n) is 5.97. The van der Waals surface area contributed by atoms with Crippen molar-refractivity contribution in [1.82, 2.24) is 0 Å². The number of rotatable bonds is 8. The molecule has 2 aromatic carbocycles. The van der Waals surface area contributed by atoms with Gasteiger partial charge in [0.2, 0.25) is 0 Å². The fraction of sp³-hybridized carbons (Fsp3) is 0.480.